The number of piperidine rings is 1. The van der Waals surface area contributed by atoms with E-state index in [1.165, 1.54) is 23.2 Å². The zero-order valence-corrected chi connectivity index (χ0v) is 21.8. The van der Waals surface area contributed by atoms with Crippen LogP contribution in [0.3, 0.4) is 0 Å². The Hall–Kier alpha value is -2.29. The van der Waals surface area contributed by atoms with Gasteiger partial charge in [0, 0.05) is 57.4 Å². The van der Waals surface area contributed by atoms with E-state index in [0.717, 1.165) is 51.5 Å². The molecule has 0 aromatic heterocycles. The van der Waals surface area contributed by atoms with Crippen LogP contribution in [0.25, 0.3) is 0 Å². The summed E-state index contributed by atoms with van der Waals surface area (Å²) in [5, 5.41) is 6.98. The summed E-state index contributed by atoms with van der Waals surface area (Å²) in [5.41, 5.74) is 3.83. The fourth-order valence-electron chi connectivity index (χ4n) is 4.57. The maximum atomic E-state index is 12.6. The summed E-state index contributed by atoms with van der Waals surface area (Å²) in [4.78, 5) is 21.8. The van der Waals surface area contributed by atoms with Gasteiger partial charge in [-0.05, 0) is 49.4 Å². The fourth-order valence-corrected chi connectivity index (χ4v) is 4.57. The Morgan fingerprint density at radius 2 is 1.76 bits per heavy atom. The van der Waals surface area contributed by atoms with E-state index in [9.17, 15) is 4.79 Å². The number of hydrogen-bond acceptors (Lipinski definition) is 3. The minimum atomic E-state index is 0. The van der Waals surface area contributed by atoms with E-state index in [2.05, 4.69) is 64.9 Å². The molecule has 6 nitrogen and oxygen atoms in total. The highest BCUT2D eigenvalue weighted by molar-refractivity contribution is 14.0. The van der Waals surface area contributed by atoms with Crippen molar-refractivity contribution < 1.29 is 4.79 Å². The standard InChI is InChI=1S/C26H35N5O.HI/c1-2-27-26(29-23-12-9-17-30(20-23)24-13-4-3-5-14-24)28-16-8-15-25(32)31-18-21-10-6-7-11-22(21)19-31;/h3-7,10-11,13-14,23H,2,8-9,12,15-20H2,1H3,(H2,27,28,29);1H. The molecule has 2 aromatic rings. The number of anilines is 1. The highest BCUT2D eigenvalue weighted by Crippen LogP contribution is 2.23. The summed E-state index contributed by atoms with van der Waals surface area (Å²) >= 11 is 0. The molecule has 33 heavy (non-hydrogen) atoms. The van der Waals surface area contributed by atoms with Crippen molar-refractivity contribution in [2.75, 3.05) is 31.1 Å². The average molecular weight is 562 g/mol. The number of carbonyl (C=O) groups excluding carboxylic acids is 1. The van der Waals surface area contributed by atoms with Gasteiger partial charge in [-0.3, -0.25) is 9.79 Å². The molecule has 178 valence electrons. The van der Waals surface area contributed by atoms with E-state index in [1.807, 2.05) is 17.0 Å². The third-order valence-corrected chi connectivity index (χ3v) is 6.24. The van der Waals surface area contributed by atoms with Crippen LogP contribution < -0.4 is 15.5 Å². The summed E-state index contributed by atoms with van der Waals surface area (Å²) in [6.45, 7) is 7.11. The Morgan fingerprint density at radius 3 is 2.45 bits per heavy atom. The molecular weight excluding hydrogens is 525 g/mol. The van der Waals surface area contributed by atoms with Gasteiger partial charge in [-0.25, -0.2) is 0 Å². The number of carbonyl (C=O) groups is 1. The van der Waals surface area contributed by atoms with E-state index in [0.29, 0.717) is 19.0 Å². The van der Waals surface area contributed by atoms with Crippen molar-refractivity contribution in [3.8, 4) is 0 Å². The second kappa shape index (κ2) is 12.8. The van der Waals surface area contributed by atoms with Crippen molar-refractivity contribution in [1.29, 1.82) is 0 Å². The molecule has 0 saturated carbocycles. The smallest absolute Gasteiger partial charge is 0.223 e. The fraction of sp³-hybridized carbons (Fsp3) is 0.462. The number of rotatable bonds is 7. The molecule has 0 aliphatic carbocycles. The minimum Gasteiger partial charge on any atom is -0.369 e. The maximum Gasteiger partial charge on any atom is 0.223 e. The van der Waals surface area contributed by atoms with Gasteiger partial charge >= 0.3 is 0 Å². The number of amides is 1. The zero-order chi connectivity index (χ0) is 22.2. The Morgan fingerprint density at radius 1 is 1.06 bits per heavy atom. The monoisotopic (exact) mass is 561 g/mol. The predicted molar refractivity (Wildman–Crippen MR) is 146 cm³/mol. The van der Waals surface area contributed by atoms with Gasteiger partial charge in [-0.15, -0.1) is 24.0 Å². The van der Waals surface area contributed by atoms with Gasteiger partial charge in [0.1, 0.15) is 0 Å². The Balaban J connectivity index is 0.00000306. The number of nitrogens with one attached hydrogen (secondary N) is 2. The van der Waals surface area contributed by atoms with Crippen LogP contribution in [0.4, 0.5) is 5.69 Å². The van der Waals surface area contributed by atoms with E-state index in [1.54, 1.807) is 0 Å². The van der Waals surface area contributed by atoms with Crippen LogP contribution in [-0.2, 0) is 17.9 Å². The topological polar surface area (TPSA) is 60.0 Å². The Labute approximate surface area is 214 Å². The van der Waals surface area contributed by atoms with Gasteiger partial charge in [0.2, 0.25) is 5.91 Å². The van der Waals surface area contributed by atoms with E-state index < -0.39 is 0 Å². The molecule has 0 radical (unpaired) electrons. The van der Waals surface area contributed by atoms with E-state index >= 15 is 0 Å². The molecule has 2 aliphatic rings. The summed E-state index contributed by atoms with van der Waals surface area (Å²) in [6, 6.07) is 19.3. The molecule has 1 saturated heterocycles. The van der Waals surface area contributed by atoms with Crippen LogP contribution >= 0.6 is 24.0 Å². The number of para-hydroxylation sites is 1. The average Bonchev–Trinajstić information content (AvgIpc) is 3.27. The first-order chi connectivity index (χ1) is 15.7. The van der Waals surface area contributed by atoms with Crippen LogP contribution in [0.2, 0.25) is 0 Å². The quantitative estimate of drug-likeness (QED) is 0.231. The highest BCUT2D eigenvalue weighted by atomic mass is 127. The largest absolute Gasteiger partial charge is 0.369 e. The lowest BCUT2D eigenvalue weighted by atomic mass is 10.1. The molecule has 0 spiro atoms. The van der Waals surface area contributed by atoms with E-state index in [-0.39, 0.29) is 29.9 Å². The van der Waals surface area contributed by atoms with Crippen molar-refractivity contribution in [3.05, 3.63) is 65.7 Å². The number of guanidine groups is 1. The molecule has 2 aliphatic heterocycles. The van der Waals surface area contributed by atoms with Crippen LogP contribution in [0.15, 0.2) is 59.6 Å². The molecule has 7 heteroatoms. The van der Waals surface area contributed by atoms with Crippen LogP contribution in [0, 0.1) is 0 Å². The predicted octanol–water partition coefficient (Wildman–Crippen LogP) is 4.15. The molecule has 0 bridgehead atoms. The van der Waals surface area contributed by atoms with Gasteiger partial charge in [0.25, 0.3) is 0 Å². The normalized spacial score (nSPS) is 17.8. The molecule has 1 atom stereocenters. The first kappa shape index (κ1) is 25.3. The summed E-state index contributed by atoms with van der Waals surface area (Å²) < 4.78 is 0. The van der Waals surface area contributed by atoms with Crippen molar-refractivity contribution in [1.82, 2.24) is 15.5 Å². The lowest BCUT2D eigenvalue weighted by molar-refractivity contribution is -0.131. The molecule has 1 fully saturated rings. The third kappa shape index (κ3) is 7.09. The first-order valence-electron chi connectivity index (χ1n) is 11.9. The van der Waals surface area contributed by atoms with Crippen molar-refractivity contribution >= 4 is 41.5 Å². The molecule has 2 aromatic carbocycles. The molecule has 1 unspecified atom stereocenters. The van der Waals surface area contributed by atoms with Gasteiger partial charge in [0.15, 0.2) is 5.96 Å². The van der Waals surface area contributed by atoms with Gasteiger partial charge in [0.05, 0.1) is 0 Å². The summed E-state index contributed by atoms with van der Waals surface area (Å²) in [5.74, 6) is 1.08. The van der Waals surface area contributed by atoms with Crippen LogP contribution in [0.5, 0.6) is 0 Å². The van der Waals surface area contributed by atoms with Gasteiger partial charge < -0.3 is 20.4 Å². The Bertz CT molecular complexity index is 895. The van der Waals surface area contributed by atoms with Crippen molar-refractivity contribution in [3.63, 3.8) is 0 Å². The molecule has 2 N–H and O–H groups in total. The second-order valence-electron chi connectivity index (χ2n) is 8.65. The lowest BCUT2D eigenvalue weighted by Crippen LogP contribution is -2.51. The molecule has 2 heterocycles. The SMILES string of the molecule is CCNC(=NCCCC(=O)N1Cc2ccccc2C1)NC1CCCN(c2ccccc2)C1.I. The van der Waals surface area contributed by atoms with Gasteiger partial charge in [-0.1, -0.05) is 42.5 Å². The third-order valence-electron chi connectivity index (χ3n) is 6.24. The Kier molecular flexibility index (Phi) is 9.84. The first-order valence-corrected chi connectivity index (χ1v) is 11.9. The van der Waals surface area contributed by atoms with E-state index in [4.69, 9.17) is 4.99 Å². The number of hydrogen-bond donors (Lipinski definition) is 2. The lowest BCUT2D eigenvalue weighted by Gasteiger charge is -2.35. The minimum absolute atomic E-state index is 0. The summed E-state index contributed by atoms with van der Waals surface area (Å²) in [7, 11) is 0. The number of benzene rings is 2. The number of fused-ring (bicyclic) bond motifs is 1. The maximum absolute atomic E-state index is 12.6. The van der Waals surface area contributed by atoms with Crippen molar-refractivity contribution in [2.45, 2.75) is 51.7 Å². The van der Waals surface area contributed by atoms with Crippen molar-refractivity contribution in [2.24, 2.45) is 4.99 Å². The number of nitrogens with zero attached hydrogens (tertiary/aromatic N) is 3. The molecule has 1 amide bonds. The zero-order valence-electron chi connectivity index (χ0n) is 19.5. The second-order valence-corrected chi connectivity index (χ2v) is 8.65. The van der Waals surface area contributed by atoms with Crippen LogP contribution in [0.1, 0.15) is 43.7 Å². The highest BCUT2D eigenvalue weighted by Gasteiger charge is 2.23. The number of halogens is 1. The van der Waals surface area contributed by atoms with Gasteiger partial charge in [-0.2, -0.15) is 0 Å². The summed E-state index contributed by atoms with van der Waals surface area (Å²) in [6.07, 6.45) is 3.62. The number of aliphatic imine (C=N–C) groups is 1. The van der Waals surface area contributed by atoms with Crippen LogP contribution in [-0.4, -0.2) is 49.0 Å². The molecule has 4 rings (SSSR count). The molecular formula is C26H36IN5O.